The van der Waals surface area contributed by atoms with Gasteiger partial charge in [0.05, 0.1) is 11.5 Å². The third-order valence-corrected chi connectivity index (χ3v) is 1.60. The van der Waals surface area contributed by atoms with Gasteiger partial charge < -0.3 is 15.2 Å². The van der Waals surface area contributed by atoms with Gasteiger partial charge in [0, 0.05) is 6.54 Å². The molecule has 0 spiro atoms. The number of amides is 1. The molecule has 2 N–H and O–H groups in total. The van der Waals surface area contributed by atoms with Crippen molar-refractivity contribution in [3.63, 3.8) is 0 Å². The zero-order valence-corrected chi connectivity index (χ0v) is 8.96. The van der Waals surface area contributed by atoms with Crippen LogP contribution in [0.3, 0.4) is 0 Å². The molecule has 0 rings (SSSR count). The van der Waals surface area contributed by atoms with Crippen LogP contribution in [0.25, 0.3) is 0 Å². The molecule has 0 aliphatic carbocycles. The van der Waals surface area contributed by atoms with Gasteiger partial charge in [0.2, 0.25) is 0 Å². The molecule has 0 aliphatic heterocycles. The Hall–Kier alpha value is -1.26. The summed E-state index contributed by atoms with van der Waals surface area (Å²) in [5.41, 5.74) is -0.976. The fourth-order valence-electron chi connectivity index (χ4n) is 0.624. The summed E-state index contributed by atoms with van der Waals surface area (Å²) in [5, 5.41) is 11.1. The van der Waals surface area contributed by atoms with Crippen molar-refractivity contribution >= 4 is 12.1 Å². The van der Waals surface area contributed by atoms with E-state index in [9.17, 15) is 9.59 Å². The van der Waals surface area contributed by atoms with Crippen molar-refractivity contribution in [2.75, 3.05) is 6.54 Å². The quantitative estimate of drug-likeness (QED) is 0.720. The third kappa shape index (κ3) is 4.69. The Labute approximate surface area is 83.4 Å². The highest BCUT2D eigenvalue weighted by Gasteiger charge is 2.27. The molecule has 0 radical (unpaired) electrons. The number of carbonyl (C=O) groups excluding carboxylic acids is 1. The van der Waals surface area contributed by atoms with E-state index in [0.717, 1.165) is 0 Å². The zero-order valence-electron chi connectivity index (χ0n) is 8.96. The van der Waals surface area contributed by atoms with Crippen molar-refractivity contribution in [1.29, 1.82) is 0 Å². The Kier molecular flexibility index (Phi) is 4.40. The molecule has 0 bridgehead atoms. The first-order chi connectivity index (χ1) is 6.25. The standard InChI is InChI=1S/C9H17NO4/c1-6(2)14-8(13)10-5-9(3,4)7(11)12/h6H,5H2,1-4H3,(H,10,13)(H,11,12). The number of nitrogens with one attached hydrogen (secondary N) is 1. The largest absolute Gasteiger partial charge is 0.481 e. The first kappa shape index (κ1) is 12.7. The highest BCUT2D eigenvalue weighted by Crippen LogP contribution is 2.13. The maximum atomic E-state index is 11.0. The van der Waals surface area contributed by atoms with Crippen molar-refractivity contribution in [3.05, 3.63) is 0 Å². The molecule has 0 aromatic rings. The van der Waals surface area contributed by atoms with E-state index in [4.69, 9.17) is 9.84 Å². The number of carbonyl (C=O) groups is 2. The number of aliphatic carboxylic acids is 1. The van der Waals surface area contributed by atoms with Gasteiger partial charge >= 0.3 is 12.1 Å². The Morgan fingerprint density at radius 3 is 2.29 bits per heavy atom. The van der Waals surface area contributed by atoms with Crippen LogP contribution in [0.15, 0.2) is 0 Å². The smallest absolute Gasteiger partial charge is 0.407 e. The summed E-state index contributed by atoms with van der Waals surface area (Å²) >= 11 is 0. The Bertz CT molecular complexity index is 223. The number of ether oxygens (including phenoxy) is 1. The van der Waals surface area contributed by atoms with Gasteiger partial charge in [-0.1, -0.05) is 0 Å². The topological polar surface area (TPSA) is 75.6 Å². The van der Waals surface area contributed by atoms with E-state index in [1.807, 2.05) is 0 Å². The summed E-state index contributed by atoms with van der Waals surface area (Å²) in [6.07, 6.45) is -0.794. The van der Waals surface area contributed by atoms with Gasteiger partial charge in [-0.25, -0.2) is 4.79 Å². The van der Waals surface area contributed by atoms with E-state index in [1.165, 1.54) is 13.8 Å². The molecule has 0 aromatic carbocycles. The number of carboxylic acids is 1. The van der Waals surface area contributed by atoms with Crippen molar-refractivity contribution in [1.82, 2.24) is 5.32 Å². The summed E-state index contributed by atoms with van der Waals surface area (Å²) < 4.78 is 4.78. The van der Waals surface area contributed by atoms with Crippen LogP contribution in [0.1, 0.15) is 27.7 Å². The summed E-state index contributed by atoms with van der Waals surface area (Å²) in [7, 11) is 0. The first-order valence-corrected chi connectivity index (χ1v) is 4.43. The highest BCUT2D eigenvalue weighted by molar-refractivity contribution is 5.75. The summed E-state index contributed by atoms with van der Waals surface area (Å²) in [4.78, 5) is 21.7. The highest BCUT2D eigenvalue weighted by atomic mass is 16.6. The van der Waals surface area contributed by atoms with Crippen LogP contribution in [0.5, 0.6) is 0 Å². The van der Waals surface area contributed by atoms with E-state index in [2.05, 4.69) is 5.32 Å². The number of alkyl carbamates (subject to hydrolysis) is 1. The van der Waals surface area contributed by atoms with Crippen molar-refractivity contribution in [3.8, 4) is 0 Å². The van der Waals surface area contributed by atoms with Gasteiger partial charge in [-0.3, -0.25) is 4.79 Å². The van der Waals surface area contributed by atoms with E-state index in [0.29, 0.717) is 0 Å². The average Bonchev–Trinajstić information content (AvgIpc) is 1.99. The van der Waals surface area contributed by atoms with Crippen LogP contribution in [-0.2, 0) is 9.53 Å². The van der Waals surface area contributed by atoms with Crippen molar-refractivity contribution < 1.29 is 19.4 Å². The monoisotopic (exact) mass is 203 g/mol. The average molecular weight is 203 g/mol. The fourth-order valence-corrected chi connectivity index (χ4v) is 0.624. The Morgan fingerprint density at radius 1 is 1.43 bits per heavy atom. The van der Waals surface area contributed by atoms with Crippen LogP contribution < -0.4 is 5.32 Å². The van der Waals surface area contributed by atoms with Gasteiger partial charge in [-0.05, 0) is 27.7 Å². The number of hydrogen-bond donors (Lipinski definition) is 2. The Balaban J connectivity index is 3.94. The molecular weight excluding hydrogens is 186 g/mol. The fraction of sp³-hybridized carbons (Fsp3) is 0.778. The molecule has 14 heavy (non-hydrogen) atoms. The van der Waals surface area contributed by atoms with Crippen LogP contribution in [0, 0.1) is 5.41 Å². The van der Waals surface area contributed by atoms with Crippen molar-refractivity contribution in [2.45, 2.75) is 33.8 Å². The summed E-state index contributed by atoms with van der Waals surface area (Å²) in [6.45, 7) is 6.56. The molecule has 0 saturated heterocycles. The maximum Gasteiger partial charge on any atom is 0.407 e. The maximum absolute atomic E-state index is 11.0. The van der Waals surface area contributed by atoms with Crippen LogP contribution in [0.2, 0.25) is 0 Å². The second-order valence-electron chi connectivity index (χ2n) is 4.00. The Morgan fingerprint density at radius 2 is 1.93 bits per heavy atom. The third-order valence-electron chi connectivity index (χ3n) is 1.60. The molecule has 1 amide bonds. The van der Waals surface area contributed by atoms with E-state index >= 15 is 0 Å². The molecule has 0 atom stereocenters. The molecule has 0 fully saturated rings. The lowest BCUT2D eigenvalue weighted by Crippen LogP contribution is -2.39. The van der Waals surface area contributed by atoms with Crippen molar-refractivity contribution in [2.24, 2.45) is 5.41 Å². The molecular formula is C9H17NO4. The van der Waals surface area contributed by atoms with Crippen LogP contribution >= 0.6 is 0 Å². The summed E-state index contributed by atoms with van der Waals surface area (Å²) in [5.74, 6) is -0.956. The number of hydrogen-bond acceptors (Lipinski definition) is 3. The summed E-state index contributed by atoms with van der Waals surface area (Å²) in [6, 6.07) is 0. The predicted octanol–water partition coefficient (Wildman–Crippen LogP) is 1.23. The van der Waals surface area contributed by atoms with E-state index < -0.39 is 17.5 Å². The second-order valence-corrected chi connectivity index (χ2v) is 4.00. The lowest BCUT2D eigenvalue weighted by atomic mass is 9.94. The molecule has 0 aromatic heterocycles. The molecule has 5 heteroatoms. The predicted molar refractivity (Wildman–Crippen MR) is 51.0 cm³/mol. The van der Waals surface area contributed by atoms with E-state index in [-0.39, 0.29) is 12.6 Å². The minimum absolute atomic E-state index is 0.0495. The lowest BCUT2D eigenvalue weighted by molar-refractivity contribution is -0.146. The molecule has 0 heterocycles. The first-order valence-electron chi connectivity index (χ1n) is 4.43. The zero-order chi connectivity index (χ0) is 11.4. The SMILES string of the molecule is CC(C)OC(=O)NCC(C)(C)C(=O)O. The van der Waals surface area contributed by atoms with Gasteiger partial charge in [0.15, 0.2) is 0 Å². The lowest BCUT2D eigenvalue weighted by Gasteiger charge is -2.19. The van der Waals surface area contributed by atoms with Gasteiger partial charge in [-0.15, -0.1) is 0 Å². The number of carboxylic acid groups (broad SMARTS) is 1. The van der Waals surface area contributed by atoms with Gasteiger partial charge in [-0.2, -0.15) is 0 Å². The molecule has 0 aliphatic rings. The minimum Gasteiger partial charge on any atom is -0.481 e. The number of rotatable bonds is 4. The molecule has 0 unspecified atom stereocenters. The van der Waals surface area contributed by atoms with Gasteiger partial charge in [0.25, 0.3) is 0 Å². The van der Waals surface area contributed by atoms with Crippen LogP contribution in [-0.4, -0.2) is 29.8 Å². The van der Waals surface area contributed by atoms with Crippen LogP contribution in [0.4, 0.5) is 4.79 Å². The molecule has 82 valence electrons. The van der Waals surface area contributed by atoms with Gasteiger partial charge in [0.1, 0.15) is 0 Å². The minimum atomic E-state index is -0.976. The molecule has 0 saturated carbocycles. The molecule has 5 nitrogen and oxygen atoms in total. The van der Waals surface area contributed by atoms with E-state index in [1.54, 1.807) is 13.8 Å². The second kappa shape index (κ2) is 4.83. The normalized spacial score (nSPS) is 11.2.